The van der Waals surface area contributed by atoms with Crippen molar-refractivity contribution >= 4 is 5.91 Å². The molecule has 0 aliphatic carbocycles. The summed E-state index contributed by atoms with van der Waals surface area (Å²) < 4.78 is 7.44. The second-order valence-electron chi connectivity index (χ2n) is 6.61. The molecule has 0 radical (unpaired) electrons. The molecule has 1 fully saturated rings. The maximum Gasteiger partial charge on any atom is 0.254 e. The van der Waals surface area contributed by atoms with Crippen molar-refractivity contribution in [2.75, 3.05) is 20.2 Å². The minimum absolute atomic E-state index is 0.0706. The Hall–Kier alpha value is -2.30. The molecule has 3 rings (SSSR count). The number of nitrogens with zero attached hydrogens (tertiary/aromatic N) is 3. The summed E-state index contributed by atoms with van der Waals surface area (Å²) in [5, 5.41) is 0. The van der Waals surface area contributed by atoms with Gasteiger partial charge in [0.2, 0.25) is 0 Å². The van der Waals surface area contributed by atoms with Crippen molar-refractivity contribution in [3.8, 4) is 5.75 Å². The van der Waals surface area contributed by atoms with Crippen LogP contribution < -0.4 is 4.74 Å². The first kappa shape index (κ1) is 16.6. The molecule has 1 atom stereocenters. The third kappa shape index (κ3) is 3.30. The van der Waals surface area contributed by atoms with Crippen molar-refractivity contribution in [3.63, 3.8) is 0 Å². The van der Waals surface area contributed by atoms with Gasteiger partial charge < -0.3 is 14.2 Å². The summed E-state index contributed by atoms with van der Waals surface area (Å²) in [4.78, 5) is 19.4. The number of ether oxygens (including phenoxy) is 1. The summed E-state index contributed by atoms with van der Waals surface area (Å²) >= 11 is 0. The fourth-order valence-corrected chi connectivity index (χ4v) is 3.39. The molecule has 5 heteroatoms. The van der Waals surface area contributed by atoms with E-state index in [0.717, 1.165) is 31.8 Å². The number of methoxy groups -OCH3 is 1. The minimum Gasteiger partial charge on any atom is -0.497 e. The fourth-order valence-electron chi connectivity index (χ4n) is 3.39. The topological polar surface area (TPSA) is 47.4 Å². The highest BCUT2D eigenvalue weighted by Crippen LogP contribution is 2.28. The standard InChI is InChI=1S/C19H25N3O2/c1-14(2)22-11-9-20-18(22)16-7-5-10-21(13-16)19(23)15-6-4-8-17(12-15)24-3/h4,6,8-9,11-12,14,16H,5,7,10,13H2,1-3H3. The monoisotopic (exact) mass is 327 g/mol. The predicted molar refractivity (Wildman–Crippen MR) is 93.5 cm³/mol. The van der Waals surface area contributed by atoms with Crippen molar-refractivity contribution in [1.82, 2.24) is 14.5 Å². The van der Waals surface area contributed by atoms with Crippen LogP contribution in [0.1, 0.15) is 54.8 Å². The van der Waals surface area contributed by atoms with E-state index in [0.29, 0.717) is 23.3 Å². The third-order valence-corrected chi connectivity index (χ3v) is 4.65. The van der Waals surface area contributed by atoms with Crippen LogP contribution >= 0.6 is 0 Å². The van der Waals surface area contributed by atoms with Crippen LogP contribution in [0.15, 0.2) is 36.7 Å². The highest BCUT2D eigenvalue weighted by atomic mass is 16.5. The van der Waals surface area contributed by atoms with E-state index in [-0.39, 0.29) is 5.91 Å². The summed E-state index contributed by atoms with van der Waals surface area (Å²) in [5.74, 6) is 2.17. The molecule has 1 unspecified atom stereocenters. The molecule has 1 aliphatic rings. The molecule has 0 spiro atoms. The second-order valence-corrected chi connectivity index (χ2v) is 6.61. The number of amides is 1. The van der Waals surface area contributed by atoms with Crippen LogP contribution in [0.5, 0.6) is 5.75 Å². The Morgan fingerprint density at radius 3 is 2.96 bits per heavy atom. The van der Waals surface area contributed by atoms with Crippen LogP contribution in [0.25, 0.3) is 0 Å². The van der Waals surface area contributed by atoms with E-state index in [1.165, 1.54) is 0 Å². The Kier molecular flexibility index (Phi) is 4.88. The Bertz CT molecular complexity index is 708. The zero-order valence-corrected chi connectivity index (χ0v) is 14.6. The lowest BCUT2D eigenvalue weighted by molar-refractivity contribution is 0.0702. The van der Waals surface area contributed by atoms with Crippen molar-refractivity contribution < 1.29 is 9.53 Å². The number of aromatic nitrogens is 2. The van der Waals surface area contributed by atoms with Crippen LogP contribution in [0, 0.1) is 0 Å². The largest absolute Gasteiger partial charge is 0.497 e. The van der Waals surface area contributed by atoms with Crippen LogP contribution in [-0.4, -0.2) is 40.6 Å². The molecular formula is C19H25N3O2. The van der Waals surface area contributed by atoms with Crippen LogP contribution in [0.3, 0.4) is 0 Å². The number of imidazole rings is 1. The SMILES string of the molecule is COc1cccc(C(=O)N2CCCC(c3nccn3C(C)C)C2)c1. The van der Waals surface area contributed by atoms with Gasteiger partial charge in [0.15, 0.2) is 0 Å². The molecule has 24 heavy (non-hydrogen) atoms. The summed E-state index contributed by atoms with van der Waals surface area (Å²) in [7, 11) is 1.62. The summed E-state index contributed by atoms with van der Waals surface area (Å²) in [6.45, 7) is 5.84. The number of hydrogen-bond donors (Lipinski definition) is 0. The molecule has 1 amide bonds. The maximum atomic E-state index is 12.8. The minimum atomic E-state index is 0.0706. The molecule has 1 aliphatic heterocycles. The van der Waals surface area contributed by atoms with Gasteiger partial charge in [-0.2, -0.15) is 0 Å². The van der Waals surface area contributed by atoms with Gasteiger partial charge in [0.05, 0.1) is 7.11 Å². The molecule has 1 aromatic heterocycles. The van der Waals surface area contributed by atoms with Crippen molar-refractivity contribution in [2.24, 2.45) is 0 Å². The first-order chi connectivity index (χ1) is 11.6. The Morgan fingerprint density at radius 2 is 2.21 bits per heavy atom. The smallest absolute Gasteiger partial charge is 0.254 e. The third-order valence-electron chi connectivity index (χ3n) is 4.65. The summed E-state index contributed by atoms with van der Waals surface area (Å²) in [6.07, 6.45) is 5.97. The van der Waals surface area contributed by atoms with Gasteiger partial charge in [0, 0.05) is 43.0 Å². The Labute approximate surface area is 143 Å². The van der Waals surface area contributed by atoms with E-state index in [4.69, 9.17) is 4.74 Å². The molecule has 1 saturated heterocycles. The molecule has 128 valence electrons. The van der Waals surface area contributed by atoms with E-state index in [1.807, 2.05) is 35.5 Å². The highest BCUT2D eigenvalue weighted by Gasteiger charge is 2.28. The van der Waals surface area contributed by atoms with E-state index in [2.05, 4.69) is 23.4 Å². The van der Waals surface area contributed by atoms with Gasteiger partial charge in [-0.1, -0.05) is 6.07 Å². The summed E-state index contributed by atoms with van der Waals surface area (Å²) in [6, 6.07) is 7.76. The number of rotatable bonds is 4. The first-order valence-corrected chi connectivity index (χ1v) is 8.56. The normalized spacial score (nSPS) is 18.0. The molecule has 5 nitrogen and oxygen atoms in total. The molecule has 0 saturated carbocycles. The molecule has 0 N–H and O–H groups in total. The van der Waals surface area contributed by atoms with Gasteiger partial charge in [-0.05, 0) is 44.9 Å². The predicted octanol–water partition coefficient (Wildman–Crippen LogP) is 3.49. The lowest BCUT2D eigenvalue weighted by Crippen LogP contribution is -2.39. The van der Waals surface area contributed by atoms with Gasteiger partial charge in [-0.15, -0.1) is 0 Å². The van der Waals surface area contributed by atoms with Crippen molar-refractivity contribution in [1.29, 1.82) is 0 Å². The molecule has 0 bridgehead atoms. The maximum absolute atomic E-state index is 12.8. The van der Waals surface area contributed by atoms with E-state index in [1.54, 1.807) is 13.2 Å². The molecule has 2 aromatic rings. The average molecular weight is 327 g/mol. The Balaban J connectivity index is 1.77. The van der Waals surface area contributed by atoms with Gasteiger partial charge in [0.25, 0.3) is 5.91 Å². The second kappa shape index (κ2) is 7.07. The van der Waals surface area contributed by atoms with Gasteiger partial charge in [-0.3, -0.25) is 4.79 Å². The fraction of sp³-hybridized carbons (Fsp3) is 0.474. The molecule has 2 heterocycles. The van der Waals surface area contributed by atoms with E-state index >= 15 is 0 Å². The molecule has 1 aromatic carbocycles. The highest BCUT2D eigenvalue weighted by molar-refractivity contribution is 5.94. The lowest BCUT2D eigenvalue weighted by Gasteiger charge is -2.33. The summed E-state index contributed by atoms with van der Waals surface area (Å²) in [5.41, 5.74) is 0.683. The van der Waals surface area contributed by atoms with Gasteiger partial charge in [-0.25, -0.2) is 4.98 Å². The number of carbonyl (C=O) groups excluding carboxylic acids is 1. The van der Waals surface area contributed by atoms with E-state index in [9.17, 15) is 4.79 Å². The zero-order chi connectivity index (χ0) is 17.1. The zero-order valence-electron chi connectivity index (χ0n) is 14.6. The van der Waals surface area contributed by atoms with Crippen LogP contribution in [-0.2, 0) is 0 Å². The van der Waals surface area contributed by atoms with Crippen LogP contribution in [0.2, 0.25) is 0 Å². The van der Waals surface area contributed by atoms with E-state index < -0.39 is 0 Å². The van der Waals surface area contributed by atoms with Crippen molar-refractivity contribution in [2.45, 2.75) is 38.6 Å². The number of hydrogen-bond acceptors (Lipinski definition) is 3. The Morgan fingerprint density at radius 1 is 1.38 bits per heavy atom. The first-order valence-electron chi connectivity index (χ1n) is 8.56. The van der Waals surface area contributed by atoms with Gasteiger partial charge in [0.1, 0.15) is 11.6 Å². The van der Waals surface area contributed by atoms with Crippen LogP contribution in [0.4, 0.5) is 0 Å². The van der Waals surface area contributed by atoms with Crippen molar-refractivity contribution in [3.05, 3.63) is 48.0 Å². The average Bonchev–Trinajstić information content (AvgIpc) is 3.11. The number of likely N-dealkylation sites (tertiary alicyclic amines) is 1. The molecular weight excluding hydrogens is 302 g/mol. The van der Waals surface area contributed by atoms with Gasteiger partial charge >= 0.3 is 0 Å². The number of carbonyl (C=O) groups is 1. The number of benzene rings is 1. The lowest BCUT2D eigenvalue weighted by atomic mass is 9.96. The quantitative estimate of drug-likeness (QED) is 0.863. The number of piperidine rings is 1.